The molecule has 1 heterocycles. The van der Waals surface area contributed by atoms with Crippen LogP contribution in [0.3, 0.4) is 0 Å². The third kappa shape index (κ3) is 7.60. The lowest BCUT2D eigenvalue weighted by Gasteiger charge is -2.34. The molecule has 0 unspecified atom stereocenters. The van der Waals surface area contributed by atoms with Gasteiger partial charge in [-0.1, -0.05) is 60.1 Å². The number of nitrogens with one attached hydrogen (secondary N) is 1. The van der Waals surface area contributed by atoms with Gasteiger partial charge >= 0.3 is 0 Å². The number of amides is 2. The first-order valence-electron chi connectivity index (χ1n) is 14.7. The molecule has 1 aliphatic rings. The van der Waals surface area contributed by atoms with E-state index in [9.17, 15) is 22.4 Å². The van der Waals surface area contributed by atoms with Gasteiger partial charge in [0.15, 0.2) is 11.5 Å². The monoisotopic (exact) mass is 665 g/mol. The second-order valence-electron chi connectivity index (χ2n) is 10.5. The maximum Gasteiger partial charge on any atom is 0.264 e. The molecule has 240 valence electrons. The highest BCUT2D eigenvalue weighted by Crippen LogP contribution is 2.34. The zero-order valence-corrected chi connectivity index (χ0v) is 26.6. The molecule has 1 atom stereocenters. The van der Waals surface area contributed by atoms with Gasteiger partial charge < -0.3 is 19.7 Å². The number of carbonyl (C=O) groups is 2. The number of ether oxygens (including phenoxy) is 2. The van der Waals surface area contributed by atoms with Crippen LogP contribution in [0.1, 0.15) is 18.1 Å². The summed E-state index contributed by atoms with van der Waals surface area (Å²) in [7, 11) is -4.42. The average Bonchev–Trinajstić information content (AvgIpc) is 3.06. The molecule has 0 fully saturated rings. The summed E-state index contributed by atoms with van der Waals surface area (Å²) in [6.45, 7) is 1.89. The Morgan fingerprint density at radius 1 is 0.913 bits per heavy atom. The maximum atomic E-state index is 14.4. The zero-order valence-electron chi connectivity index (χ0n) is 25.1. The van der Waals surface area contributed by atoms with E-state index < -0.39 is 40.2 Å². The number of fused-ring (bicyclic) bond motifs is 1. The number of rotatable bonds is 12. The molecule has 0 saturated heterocycles. The molecule has 2 amide bonds. The van der Waals surface area contributed by atoms with Crippen LogP contribution in [0.25, 0.3) is 0 Å². The predicted octanol–water partition coefficient (Wildman–Crippen LogP) is 5.22. The number of nitrogens with zero attached hydrogens (tertiary/aromatic N) is 2. The van der Waals surface area contributed by atoms with Gasteiger partial charge in [0.05, 0.1) is 10.6 Å². The van der Waals surface area contributed by atoms with Crippen LogP contribution in [0.5, 0.6) is 11.5 Å². The highest BCUT2D eigenvalue weighted by molar-refractivity contribution is 7.92. The Morgan fingerprint density at radius 3 is 2.28 bits per heavy atom. The Morgan fingerprint density at radius 2 is 1.59 bits per heavy atom. The third-order valence-corrected chi connectivity index (χ3v) is 9.55. The first-order chi connectivity index (χ1) is 22.2. The van der Waals surface area contributed by atoms with Crippen LogP contribution in [-0.4, -0.2) is 57.5 Å². The van der Waals surface area contributed by atoms with E-state index in [0.717, 1.165) is 22.0 Å². The normalized spacial score (nSPS) is 13.0. The summed E-state index contributed by atoms with van der Waals surface area (Å²) in [5.41, 5.74) is 1.43. The van der Waals surface area contributed by atoms with Gasteiger partial charge in [0.25, 0.3) is 10.0 Å². The number of carbonyl (C=O) groups excluding carboxylic acids is 2. The van der Waals surface area contributed by atoms with Gasteiger partial charge in [0, 0.05) is 30.6 Å². The smallest absolute Gasteiger partial charge is 0.264 e. The lowest BCUT2D eigenvalue weighted by atomic mass is 10.0. The molecule has 12 heteroatoms. The topological polar surface area (TPSA) is 105 Å². The van der Waals surface area contributed by atoms with Crippen LogP contribution in [-0.2, 0) is 32.6 Å². The van der Waals surface area contributed by atoms with Gasteiger partial charge in [0.2, 0.25) is 11.8 Å². The molecule has 5 rings (SSSR count). The summed E-state index contributed by atoms with van der Waals surface area (Å²) in [5, 5.41) is 3.20. The number of hydrogen-bond acceptors (Lipinski definition) is 6. The fourth-order valence-electron chi connectivity index (χ4n) is 5.10. The first-order valence-corrected chi connectivity index (χ1v) is 16.5. The molecule has 0 saturated carbocycles. The lowest BCUT2D eigenvalue weighted by molar-refractivity contribution is -0.140. The van der Waals surface area contributed by atoms with Crippen molar-refractivity contribution in [2.45, 2.75) is 30.8 Å². The Balaban J connectivity index is 1.57. The van der Waals surface area contributed by atoms with E-state index in [1.54, 1.807) is 31.2 Å². The minimum Gasteiger partial charge on any atom is -0.486 e. The number of hydrogen-bond donors (Lipinski definition) is 1. The van der Waals surface area contributed by atoms with Gasteiger partial charge in [-0.25, -0.2) is 12.8 Å². The third-order valence-electron chi connectivity index (χ3n) is 7.42. The van der Waals surface area contributed by atoms with Crippen molar-refractivity contribution in [2.24, 2.45) is 0 Å². The van der Waals surface area contributed by atoms with E-state index in [0.29, 0.717) is 29.5 Å². The molecule has 4 aromatic rings. The van der Waals surface area contributed by atoms with Crippen molar-refractivity contribution in [1.29, 1.82) is 0 Å². The summed E-state index contributed by atoms with van der Waals surface area (Å²) in [4.78, 5) is 29.2. The summed E-state index contributed by atoms with van der Waals surface area (Å²) in [6, 6.07) is 24.1. The van der Waals surface area contributed by atoms with Crippen LogP contribution in [0.15, 0.2) is 102 Å². The van der Waals surface area contributed by atoms with Crippen molar-refractivity contribution in [1.82, 2.24) is 10.2 Å². The Bertz CT molecular complexity index is 1790. The first kappa shape index (κ1) is 32.8. The summed E-state index contributed by atoms with van der Waals surface area (Å²) >= 11 is 6.50. The highest BCUT2D eigenvalue weighted by Gasteiger charge is 2.35. The van der Waals surface area contributed by atoms with Gasteiger partial charge in [-0.3, -0.25) is 13.9 Å². The van der Waals surface area contributed by atoms with Crippen LogP contribution in [0, 0.1) is 5.82 Å². The van der Waals surface area contributed by atoms with Crippen molar-refractivity contribution in [2.75, 3.05) is 30.6 Å². The maximum absolute atomic E-state index is 14.4. The molecule has 1 N–H and O–H groups in total. The fraction of sp³-hybridized carbons (Fsp3) is 0.235. The largest absolute Gasteiger partial charge is 0.486 e. The van der Waals surface area contributed by atoms with Crippen molar-refractivity contribution in [3.05, 3.63) is 119 Å². The molecule has 9 nitrogen and oxygen atoms in total. The Labute approximate surface area is 272 Å². The minimum atomic E-state index is -4.42. The van der Waals surface area contributed by atoms with Crippen LogP contribution < -0.4 is 19.1 Å². The number of benzene rings is 4. The van der Waals surface area contributed by atoms with E-state index in [1.165, 1.54) is 35.2 Å². The highest BCUT2D eigenvalue weighted by atomic mass is 35.5. The molecule has 46 heavy (non-hydrogen) atoms. The fourth-order valence-corrected chi connectivity index (χ4v) is 6.73. The standard InChI is InChI=1S/C34H33ClFN3O6S/c1-2-37-34(41)30(20-24-8-4-3-5-9-24)38(22-25-10-6-7-11-29(25)35)33(40)23-39(27-14-12-26(36)13-15-27)46(42,43)28-16-17-31-32(21-28)45-19-18-44-31/h3-17,21,30H,2,18-20,22-23H2,1H3,(H,37,41)/t30-/m0/s1. The van der Waals surface area contributed by atoms with Crippen LogP contribution in [0.2, 0.25) is 5.02 Å². The van der Waals surface area contributed by atoms with Crippen molar-refractivity contribution in [3.8, 4) is 11.5 Å². The Hall–Kier alpha value is -4.61. The number of anilines is 1. The van der Waals surface area contributed by atoms with Gasteiger partial charge in [-0.05, 0) is 60.5 Å². The molecular weight excluding hydrogens is 633 g/mol. The van der Waals surface area contributed by atoms with E-state index in [4.69, 9.17) is 21.1 Å². The average molecular weight is 666 g/mol. The van der Waals surface area contributed by atoms with E-state index in [1.807, 2.05) is 30.3 Å². The predicted molar refractivity (Wildman–Crippen MR) is 173 cm³/mol. The quantitative estimate of drug-likeness (QED) is 0.223. The molecule has 0 aliphatic carbocycles. The molecule has 4 aromatic carbocycles. The summed E-state index contributed by atoms with van der Waals surface area (Å²) < 4.78 is 54.5. The minimum absolute atomic E-state index is 0.0555. The summed E-state index contributed by atoms with van der Waals surface area (Å²) in [6.07, 6.45) is 0.161. The molecule has 0 radical (unpaired) electrons. The number of likely N-dealkylation sites (N-methyl/N-ethyl adjacent to an activating group) is 1. The van der Waals surface area contributed by atoms with Gasteiger partial charge in [-0.2, -0.15) is 0 Å². The lowest BCUT2D eigenvalue weighted by Crippen LogP contribution is -2.53. The molecule has 1 aliphatic heterocycles. The van der Waals surface area contributed by atoms with E-state index >= 15 is 0 Å². The number of halogens is 2. The zero-order chi connectivity index (χ0) is 32.7. The van der Waals surface area contributed by atoms with Crippen LogP contribution in [0.4, 0.5) is 10.1 Å². The van der Waals surface area contributed by atoms with E-state index in [2.05, 4.69) is 5.32 Å². The molecular formula is C34H33ClFN3O6S. The van der Waals surface area contributed by atoms with Crippen LogP contribution >= 0.6 is 11.6 Å². The molecule has 0 aromatic heterocycles. The van der Waals surface area contributed by atoms with Gasteiger partial charge in [0.1, 0.15) is 31.6 Å². The molecule has 0 bridgehead atoms. The van der Waals surface area contributed by atoms with Crippen molar-refractivity contribution >= 4 is 39.1 Å². The number of sulfonamides is 1. The second kappa shape index (κ2) is 14.7. The molecule has 0 spiro atoms. The Kier molecular flexibility index (Phi) is 10.4. The van der Waals surface area contributed by atoms with Crippen molar-refractivity contribution < 1.29 is 31.9 Å². The van der Waals surface area contributed by atoms with Gasteiger partial charge in [-0.15, -0.1) is 0 Å². The SMILES string of the molecule is CCNC(=O)[C@H](Cc1ccccc1)N(Cc1ccccc1Cl)C(=O)CN(c1ccc(F)cc1)S(=O)(=O)c1ccc2c(c1)OCCO2. The second-order valence-corrected chi connectivity index (χ2v) is 12.8. The summed E-state index contributed by atoms with van der Waals surface area (Å²) in [5.74, 6) is -1.01. The van der Waals surface area contributed by atoms with Crippen molar-refractivity contribution in [3.63, 3.8) is 0 Å². The van der Waals surface area contributed by atoms with E-state index in [-0.39, 0.29) is 35.9 Å².